The highest BCUT2D eigenvalue weighted by molar-refractivity contribution is 5.87. The molecule has 202 valence electrons. The molecule has 2 aromatic heterocycles. The smallest absolute Gasteiger partial charge is 0.490 e. The second-order valence-electron chi connectivity index (χ2n) is 6.95. The van der Waals surface area contributed by atoms with Gasteiger partial charge in [-0.3, -0.25) is 0 Å². The van der Waals surface area contributed by atoms with Gasteiger partial charge in [-0.25, -0.2) is 19.6 Å². The number of H-pyrrole nitrogens is 1. The average Bonchev–Trinajstić information content (AvgIpc) is 3.24. The molecule has 38 heavy (non-hydrogen) atoms. The van der Waals surface area contributed by atoms with E-state index in [0.29, 0.717) is 23.0 Å². The minimum Gasteiger partial charge on any atom is -0.508 e. The number of halogens is 6. The molecule has 4 rings (SSSR count). The number of rotatable bonds is 3. The Morgan fingerprint density at radius 3 is 1.97 bits per heavy atom. The zero-order chi connectivity index (χ0) is 28.7. The Morgan fingerprint density at radius 2 is 1.45 bits per heavy atom. The topological polar surface area (TPSA) is 172 Å². The van der Waals surface area contributed by atoms with Crippen LogP contribution in [0.5, 0.6) is 17.4 Å². The number of hydrogen-bond acceptors (Lipinski definition) is 7. The minimum absolute atomic E-state index is 0.132. The van der Waals surface area contributed by atoms with Gasteiger partial charge >= 0.3 is 24.3 Å². The lowest BCUT2D eigenvalue weighted by molar-refractivity contribution is -0.193. The summed E-state index contributed by atoms with van der Waals surface area (Å²) < 4.78 is 69.3. The highest BCUT2D eigenvalue weighted by Crippen LogP contribution is 2.32. The number of ether oxygens (including phenoxy) is 1. The van der Waals surface area contributed by atoms with Crippen LogP contribution in [0.3, 0.4) is 0 Å². The summed E-state index contributed by atoms with van der Waals surface area (Å²) in [4.78, 5) is 29.5. The number of alkyl halides is 6. The van der Waals surface area contributed by atoms with E-state index < -0.39 is 24.3 Å². The number of phenolic OH excluding ortho intramolecular Hbond substituents is 1. The van der Waals surface area contributed by atoms with Gasteiger partial charge in [-0.1, -0.05) is 18.2 Å². The van der Waals surface area contributed by atoms with Crippen LogP contribution in [0.4, 0.5) is 32.0 Å². The Balaban J connectivity index is 0.000000301. The Labute approximate surface area is 207 Å². The maximum Gasteiger partial charge on any atom is 0.490 e. The van der Waals surface area contributed by atoms with Crippen LogP contribution >= 0.6 is 0 Å². The van der Waals surface area contributed by atoms with Crippen LogP contribution in [-0.2, 0) is 9.59 Å². The fourth-order valence-corrected chi connectivity index (χ4v) is 2.52. The van der Waals surface area contributed by atoms with Gasteiger partial charge in [0.2, 0.25) is 5.88 Å². The predicted octanol–water partition coefficient (Wildman–Crippen LogP) is 4.97. The lowest BCUT2D eigenvalue weighted by Gasteiger charge is -2.05. The molecule has 0 spiro atoms. The molecule has 0 unspecified atom stereocenters. The number of phenols is 1. The molecule has 4 aromatic rings. The van der Waals surface area contributed by atoms with Crippen molar-refractivity contribution in [2.24, 2.45) is 0 Å². The number of carboxylic acid groups (broad SMARTS) is 2. The standard InChI is InChI=1S/C18H14N4O2.2C2HF3O2/c19-12-4-1-3-11(7-12)16-9-15-17(22-16)20-10-21-18(15)24-14-6-2-5-13(23)8-14;2*3-2(4,5)1(6)7/h1-10,23H,19H2,(H,20,21,22);2*(H,6,7). The molecule has 0 aliphatic rings. The highest BCUT2D eigenvalue weighted by Gasteiger charge is 2.38. The van der Waals surface area contributed by atoms with Crippen molar-refractivity contribution in [3.8, 4) is 28.6 Å². The number of nitrogens with one attached hydrogen (secondary N) is 1. The molecular formula is C22H16F6N4O6. The minimum atomic E-state index is -5.08. The van der Waals surface area contributed by atoms with E-state index in [0.717, 1.165) is 16.6 Å². The number of anilines is 1. The molecule has 0 atom stereocenters. The third kappa shape index (κ3) is 8.58. The van der Waals surface area contributed by atoms with Crippen LogP contribution in [0.15, 0.2) is 60.9 Å². The quantitative estimate of drug-likeness (QED) is 0.176. The molecule has 0 radical (unpaired) electrons. The number of hydrogen-bond donors (Lipinski definition) is 5. The van der Waals surface area contributed by atoms with Crippen molar-refractivity contribution in [1.29, 1.82) is 0 Å². The van der Waals surface area contributed by atoms with E-state index in [1.165, 1.54) is 12.4 Å². The number of aromatic nitrogens is 3. The van der Waals surface area contributed by atoms with Gasteiger partial charge in [0.15, 0.2) is 0 Å². The van der Waals surface area contributed by atoms with E-state index in [4.69, 9.17) is 30.3 Å². The van der Waals surface area contributed by atoms with Crippen molar-refractivity contribution in [1.82, 2.24) is 15.0 Å². The van der Waals surface area contributed by atoms with E-state index in [2.05, 4.69) is 15.0 Å². The van der Waals surface area contributed by atoms with Crippen molar-refractivity contribution in [3.05, 3.63) is 60.9 Å². The molecule has 0 amide bonds. The first-order valence-electron chi connectivity index (χ1n) is 9.84. The van der Waals surface area contributed by atoms with E-state index in [-0.39, 0.29) is 5.75 Å². The molecular weight excluding hydrogens is 530 g/mol. The number of aliphatic carboxylic acids is 2. The summed E-state index contributed by atoms with van der Waals surface area (Å²) in [5, 5.41) is 24.6. The van der Waals surface area contributed by atoms with Gasteiger partial charge in [0.1, 0.15) is 23.5 Å². The van der Waals surface area contributed by atoms with E-state index in [1.54, 1.807) is 18.2 Å². The Morgan fingerprint density at radius 1 is 0.868 bits per heavy atom. The first kappa shape index (κ1) is 29.2. The van der Waals surface area contributed by atoms with E-state index in [9.17, 15) is 31.4 Å². The summed E-state index contributed by atoms with van der Waals surface area (Å²) in [5.74, 6) is -4.47. The second-order valence-corrected chi connectivity index (χ2v) is 6.95. The van der Waals surface area contributed by atoms with Gasteiger partial charge in [0.25, 0.3) is 0 Å². The summed E-state index contributed by atoms with van der Waals surface area (Å²) in [6.07, 6.45) is -8.74. The molecule has 0 saturated heterocycles. The third-order valence-corrected chi connectivity index (χ3v) is 4.10. The normalized spacial score (nSPS) is 11.0. The maximum atomic E-state index is 10.6. The fraction of sp³-hybridized carbons (Fsp3) is 0.0909. The molecule has 10 nitrogen and oxygen atoms in total. The lowest BCUT2D eigenvalue weighted by Crippen LogP contribution is -2.21. The van der Waals surface area contributed by atoms with Gasteiger partial charge < -0.3 is 30.8 Å². The summed E-state index contributed by atoms with van der Waals surface area (Å²) in [6, 6.07) is 16.1. The van der Waals surface area contributed by atoms with Gasteiger partial charge in [0, 0.05) is 23.0 Å². The van der Waals surface area contributed by atoms with Crippen LogP contribution in [0.1, 0.15) is 0 Å². The number of benzene rings is 2. The first-order valence-corrected chi connectivity index (χ1v) is 9.84. The lowest BCUT2D eigenvalue weighted by atomic mass is 10.1. The number of nitrogen functional groups attached to an aromatic ring is 1. The zero-order valence-electron chi connectivity index (χ0n) is 18.6. The molecule has 0 aliphatic carbocycles. The Bertz CT molecular complexity index is 1400. The average molecular weight is 546 g/mol. The third-order valence-electron chi connectivity index (χ3n) is 4.10. The summed E-state index contributed by atoms with van der Waals surface area (Å²) in [5.41, 5.74) is 9.03. The van der Waals surface area contributed by atoms with Crippen molar-refractivity contribution >= 4 is 28.7 Å². The van der Waals surface area contributed by atoms with Crippen LogP contribution in [0.2, 0.25) is 0 Å². The van der Waals surface area contributed by atoms with Crippen molar-refractivity contribution in [2.45, 2.75) is 12.4 Å². The molecule has 2 aromatic carbocycles. The van der Waals surface area contributed by atoms with Gasteiger partial charge in [-0.05, 0) is 30.3 Å². The number of aromatic amines is 1. The molecule has 16 heteroatoms. The Hall–Kier alpha value is -5.02. The number of nitrogens with two attached hydrogens (primary N) is 1. The summed E-state index contributed by atoms with van der Waals surface area (Å²) in [6.45, 7) is 0. The molecule has 0 aliphatic heterocycles. The largest absolute Gasteiger partial charge is 0.508 e. The molecule has 0 fully saturated rings. The van der Waals surface area contributed by atoms with E-state index in [1.807, 2.05) is 30.3 Å². The molecule has 0 bridgehead atoms. The van der Waals surface area contributed by atoms with E-state index >= 15 is 0 Å². The van der Waals surface area contributed by atoms with Crippen LogP contribution in [0.25, 0.3) is 22.3 Å². The van der Waals surface area contributed by atoms with Crippen molar-refractivity contribution in [3.63, 3.8) is 0 Å². The second kappa shape index (κ2) is 11.8. The zero-order valence-corrected chi connectivity index (χ0v) is 18.6. The predicted molar refractivity (Wildman–Crippen MR) is 119 cm³/mol. The van der Waals surface area contributed by atoms with Gasteiger partial charge in [-0.2, -0.15) is 26.3 Å². The summed E-state index contributed by atoms with van der Waals surface area (Å²) in [7, 11) is 0. The van der Waals surface area contributed by atoms with Gasteiger partial charge in [-0.15, -0.1) is 0 Å². The molecule has 2 heterocycles. The maximum absolute atomic E-state index is 10.6. The monoisotopic (exact) mass is 546 g/mol. The first-order chi connectivity index (χ1) is 17.6. The van der Waals surface area contributed by atoms with Crippen molar-refractivity contribution < 1.29 is 56.0 Å². The van der Waals surface area contributed by atoms with Crippen LogP contribution in [-0.4, -0.2) is 54.6 Å². The Kier molecular flexibility index (Phi) is 9.08. The molecule has 0 saturated carbocycles. The van der Waals surface area contributed by atoms with Crippen LogP contribution in [0, 0.1) is 0 Å². The molecule has 6 N–H and O–H groups in total. The fourth-order valence-electron chi connectivity index (χ4n) is 2.52. The van der Waals surface area contributed by atoms with Crippen molar-refractivity contribution in [2.75, 3.05) is 5.73 Å². The number of carbonyl (C=O) groups is 2. The van der Waals surface area contributed by atoms with Crippen LogP contribution < -0.4 is 10.5 Å². The number of aromatic hydroxyl groups is 1. The van der Waals surface area contributed by atoms with Gasteiger partial charge in [0.05, 0.1) is 5.39 Å². The summed E-state index contributed by atoms with van der Waals surface area (Å²) >= 11 is 0. The SMILES string of the molecule is Nc1cccc(-c2cc3c(Oc4cccc(O)c4)ncnc3[nH]2)c1.O=C(O)C(F)(F)F.O=C(O)C(F)(F)F. The number of fused-ring (bicyclic) bond motifs is 1. The number of nitrogens with zero attached hydrogens (tertiary/aromatic N) is 2. The highest BCUT2D eigenvalue weighted by atomic mass is 19.4. The number of carboxylic acids is 2.